The third kappa shape index (κ3) is 5.16. The Bertz CT molecular complexity index is 1550. The quantitative estimate of drug-likeness (QED) is 0.167. The zero-order chi connectivity index (χ0) is 24.2. The average Bonchev–Trinajstić information content (AvgIpc) is 3.22. The number of rotatable bonds is 7. The van der Waals surface area contributed by atoms with E-state index in [-0.39, 0.29) is 17.4 Å². The first kappa shape index (κ1) is 23.0. The van der Waals surface area contributed by atoms with Crippen LogP contribution in [0.5, 0.6) is 5.75 Å². The fraction of sp³-hybridized carbons (Fsp3) is 0.0741. The van der Waals surface area contributed by atoms with Gasteiger partial charge in [0.2, 0.25) is 0 Å². The van der Waals surface area contributed by atoms with Crippen molar-refractivity contribution in [2.75, 3.05) is 5.75 Å². The third-order valence-corrected chi connectivity index (χ3v) is 6.76. The molecule has 0 atom stereocenters. The number of para-hydroxylation sites is 2. The maximum atomic E-state index is 12.5. The first-order valence-corrected chi connectivity index (χ1v) is 12.3. The highest BCUT2D eigenvalue weighted by atomic mass is 35.5. The van der Waals surface area contributed by atoms with E-state index in [1.54, 1.807) is 6.07 Å². The number of hydrogen-bond donors (Lipinski definition) is 2. The number of amides is 1. The number of carbonyl (C=O) groups is 1. The van der Waals surface area contributed by atoms with Gasteiger partial charge in [-0.2, -0.15) is 5.10 Å². The molecule has 1 amide bonds. The number of aromatic nitrogens is 2. The lowest BCUT2D eigenvalue weighted by Crippen LogP contribution is -2.20. The molecule has 5 rings (SSSR count). The van der Waals surface area contributed by atoms with Crippen molar-refractivity contribution in [2.24, 2.45) is 5.10 Å². The number of nitrogens with one attached hydrogen (secondary N) is 1. The fourth-order valence-corrected chi connectivity index (χ4v) is 4.77. The number of nitrogens with zero attached hydrogens (tertiary/aromatic N) is 3. The van der Waals surface area contributed by atoms with Gasteiger partial charge >= 0.3 is 0 Å². The summed E-state index contributed by atoms with van der Waals surface area (Å²) in [6.45, 7) is 0.611. The van der Waals surface area contributed by atoms with Gasteiger partial charge in [0.25, 0.3) is 5.91 Å². The van der Waals surface area contributed by atoms with E-state index in [0.29, 0.717) is 17.1 Å². The van der Waals surface area contributed by atoms with Crippen LogP contribution in [0.4, 0.5) is 0 Å². The molecular weight excluding hydrogens is 480 g/mol. The molecule has 0 aliphatic rings. The first-order valence-electron chi connectivity index (χ1n) is 10.9. The van der Waals surface area contributed by atoms with Crippen molar-refractivity contribution in [1.82, 2.24) is 15.0 Å². The van der Waals surface area contributed by atoms with E-state index in [0.717, 1.165) is 32.5 Å². The molecule has 1 heterocycles. The molecule has 174 valence electrons. The Labute approximate surface area is 211 Å². The van der Waals surface area contributed by atoms with Crippen LogP contribution in [0.3, 0.4) is 0 Å². The smallest absolute Gasteiger partial charge is 0.250 e. The molecular formula is C27H21ClN4O2S. The lowest BCUT2D eigenvalue weighted by molar-refractivity contribution is -0.118. The summed E-state index contributed by atoms with van der Waals surface area (Å²) in [5.74, 6) is -0.0222. The van der Waals surface area contributed by atoms with Crippen LogP contribution in [-0.4, -0.2) is 32.5 Å². The predicted octanol–water partition coefficient (Wildman–Crippen LogP) is 5.84. The average molecular weight is 501 g/mol. The van der Waals surface area contributed by atoms with Crippen LogP contribution in [0.15, 0.2) is 95.2 Å². The van der Waals surface area contributed by atoms with Crippen LogP contribution in [0.25, 0.3) is 21.8 Å². The van der Waals surface area contributed by atoms with Crippen molar-refractivity contribution in [3.8, 4) is 5.75 Å². The van der Waals surface area contributed by atoms with Crippen LogP contribution in [0, 0.1) is 0 Å². The maximum absolute atomic E-state index is 12.5. The number of phenolic OH excluding ortho intramolecular Hbond substituents is 1. The van der Waals surface area contributed by atoms with E-state index >= 15 is 0 Å². The molecule has 0 saturated carbocycles. The second-order valence-corrected chi connectivity index (χ2v) is 9.28. The molecule has 6 nitrogen and oxygen atoms in total. The largest absolute Gasteiger partial charge is 0.507 e. The molecule has 4 aromatic carbocycles. The lowest BCUT2D eigenvalue weighted by atomic mass is 10.0. The van der Waals surface area contributed by atoms with E-state index in [2.05, 4.69) is 15.1 Å². The molecule has 0 unspecified atom stereocenters. The summed E-state index contributed by atoms with van der Waals surface area (Å²) >= 11 is 7.38. The van der Waals surface area contributed by atoms with Crippen molar-refractivity contribution in [3.63, 3.8) is 0 Å². The molecule has 0 fully saturated rings. The minimum Gasteiger partial charge on any atom is -0.507 e. The van der Waals surface area contributed by atoms with Crippen LogP contribution in [0.1, 0.15) is 11.1 Å². The number of benzene rings is 4. The van der Waals surface area contributed by atoms with Gasteiger partial charge in [0, 0.05) is 10.6 Å². The van der Waals surface area contributed by atoms with Gasteiger partial charge in [0.1, 0.15) is 5.75 Å². The van der Waals surface area contributed by atoms with Crippen LogP contribution < -0.4 is 5.43 Å². The predicted molar refractivity (Wildman–Crippen MR) is 142 cm³/mol. The summed E-state index contributed by atoms with van der Waals surface area (Å²) in [5.41, 5.74) is 6.06. The second-order valence-electron chi connectivity index (χ2n) is 7.90. The number of fused-ring (bicyclic) bond motifs is 2. The third-order valence-electron chi connectivity index (χ3n) is 5.54. The Morgan fingerprint density at radius 3 is 2.66 bits per heavy atom. The highest BCUT2D eigenvalue weighted by Crippen LogP contribution is 2.27. The topological polar surface area (TPSA) is 79.5 Å². The van der Waals surface area contributed by atoms with Gasteiger partial charge in [-0.3, -0.25) is 4.79 Å². The number of phenols is 1. The molecule has 0 aliphatic heterocycles. The molecule has 0 saturated heterocycles. The molecule has 1 aromatic heterocycles. The molecule has 0 aliphatic carbocycles. The minimum absolute atomic E-state index is 0.104. The standard InChI is InChI=1S/C27H21ClN4O2S/c28-20-12-9-18(10-13-20)16-32-24-8-4-3-7-23(24)30-27(32)35-17-26(34)31-29-15-22-21-6-2-1-5-19(21)11-14-25(22)33/h1-15,33H,16-17H2,(H,31,34). The fourth-order valence-electron chi connectivity index (χ4n) is 3.84. The van der Waals surface area contributed by atoms with E-state index in [4.69, 9.17) is 16.6 Å². The van der Waals surface area contributed by atoms with Crippen molar-refractivity contribution in [2.45, 2.75) is 11.7 Å². The van der Waals surface area contributed by atoms with Crippen LogP contribution >= 0.6 is 23.4 Å². The Kier molecular flexibility index (Phi) is 6.70. The number of hydrogen-bond acceptors (Lipinski definition) is 5. The molecule has 35 heavy (non-hydrogen) atoms. The maximum Gasteiger partial charge on any atom is 0.250 e. The van der Waals surface area contributed by atoms with Gasteiger partial charge in [-0.1, -0.05) is 78.0 Å². The SMILES string of the molecule is O=C(CSc1nc2ccccc2n1Cc1ccc(Cl)cc1)NN=Cc1c(O)ccc2ccccc12. The van der Waals surface area contributed by atoms with Crippen molar-refractivity contribution >= 4 is 57.3 Å². The van der Waals surface area contributed by atoms with Gasteiger partial charge < -0.3 is 9.67 Å². The van der Waals surface area contributed by atoms with Gasteiger partial charge in [0.05, 0.1) is 29.5 Å². The zero-order valence-corrected chi connectivity index (χ0v) is 20.1. The lowest BCUT2D eigenvalue weighted by Gasteiger charge is -2.09. The summed E-state index contributed by atoms with van der Waals surface area (Å²) in [6, 6.07) is 26.7. The Hall–Kier alpha value is -3.81. The van der Waals surface area contributed by atoms with Crippen molar-refractivity contribution in [1.29, 1.82) is 0 Å². The minimum atomic E-state index is -0.268. The monoisotopic (exact) mass is 500 g/mol. The van der Waals surface area contributed by atoms with Gasteiger partial charge in [-0.15, -0.1) is 0 Å². The number of halogens is 1. The van der Waals surface area contributed by atoms with Crippen molar-refractivity contribution in [3.05, 3.63) is 101 Å². The number of carbonyl (C=O) groups excluding carboxylic acids is 1. The van der Waals surface area contributed by atoms with Crippen LogP contribution in [0.2, 0.25) is 5.02 Å². The summed E-state index contributed by atoms with van der Waals surface area (Å²) in [6.07, 6.45) is 1.47. The van der Waals surface area contributed by atoms with Crippen molar-refractivity contribution < 1.29 is 9.90 Å². The Balaban J connectivity index is 1.29. The van der Waals surface area contributed by atoms with E-state index in [9.17, 15) is 9.90 Å². The number of imidazole rings is 1. The molecule has 0 bridgehead atoms. The van der Waals surface area contributed by atoms with Gasteiger partial charge in [-0.05, 0) is 46.7 Å². The van der Waals surface area contributed by atoms with E-state index < -0.39 is 0 Å². The highest BCUT2D eigenvalue weighted by molar-refractivity contribution is 7.99. The number of hydrazone groups is 1. The number of aromatic hydroxyl groups is 1. The van der Waals surface area contributed by atoms with Gasteiger partial charge in [-0.25, -0.2) is 10.4 Å². The summed E-state index contributed by atoms with van der Waals surface area (Å²) in [7, 11) is 0. The first-order chi connectivity index (χ1) is 17.1. The van der Waals surface area contributed by atoms with Crippen LogP contribution in [-0.2, 0) is 11.3 Å². The molecule has 5 aromatic rings. The summed E-state index contributed by atoms with van der Waals surface area (Å²) in [5, 5.41) is 17.6. The summed E-state index contributed by atoms with van der Waals surface area (Å²) in [4.78, 5) is 17.2. The van der Waals surface area contributed by atoms with Gasteiger partial charge in [0.15, 0.2) is 5.16 Å². The highest BCUT2D eigenvalue weighted by Gasteiger charge is 2.13. The Morgan fingerprint density at radius 2 is 1.80 bits per heavy atom. The molecule has 0 radical (unpaired) electrons. The second kappa shape index (κ2) is 10.2. The van der Waals surface area contributed by atoms with E-state index in [1.165, 1.54) is 18.0 Å². The molecule has 8 heteroatoms. The molecule has 2 N–H and O–H groups in total. The number of thioether (sulfide) groups is 1. The van der Waals surface area contributed by atoms with E-state index in [1.807, 2.05) is 78.9 Å². The zero-order valence-electron chi connectivity index (χ0n) is 18.6. The normalized spacial score (nSPS) is 11.5. The Morgan fingerprint density at radius 1 is 1.03 bits per heavy atom. The molecule has 0 spiro atoms. The summed E-state index contributed by atoms with van der Waals surface area (Å²) < 4.78 is 2.09.